The molecule has 10 heteroatoms. The molecule has 0 radical (unpaired) electrons. The molecule has 1 aromatic carbocycles. The highest BCUT2D eigenvalue weighted by Crippen LogP contribution is 2.34. The topological polar surface area (TPSA) is 89.8 Å². The standard InChI is InChI=1S/C16H15F3N2O5/c1-24-13(22)15(16(17,18)19,26-11-6-3-2-4-7-11)21-14(23)20-10-12-8-5-9-25-12/h2-9H,10H2,1H3,(H2,20,21,23)/t15-/m1/s1. The van der Waals surface area contributed by atoms with Crippen LogP contribution in [0.5, 0.6) is 5.75 Å². The van der Waals surface area contributed by atoms with Gasteiger partial charge in [0.1, 0.15) is 11.5 Å². The molecule has 1 heterocycles. The first-order chi connectivity index (χ1) is 12.3. The molecule has 0 aliphatic heterocycles. The van der Waals surface area contributed by atoms with Crippen LogP contribution in [-0.4, -0.2) is 31.0 Å². The van der Waals surface area contributed by atoms with Gasteiger partial charge < -0.3 is 19.2 Å². The minimum Gasteiger partial charge on any atom is -0.467 e. The molecule has 0 saturated carbocycles. The van der Waals surface area contributed by atoms with Crippen molar-refractivity contribution in [2.24, 2.45) is 0 Å². The van der Waals surface area contributed by atoms with Crippen LogP contribution in [0.4, 0.5) is 18.0 Å². The quantitative estimate of drug-likeness (QED) is 0.601. The summed E-state index contributed by atoms with van der Waals surface area (Å²) >= 11 is 0. The largest absolute Gasteiger partial charge is 0.467 e. The Bertz CT molecular complexity index is 734. The van der Waals surface area contributed by atoms with Crippen molar-refractivity contribution in [2.75, 3.05) is 7.11 Å². The van der Waals surface area contributed by atoms with Crippen LogP contribution in [0.25, 0.3) is 0 Å². The van der Waals surface area contributed by atoms with E-state index >= 15 is 0 Å². The van der Waals surface area contributed by atoms with Crippen molar-refractivity contribution in [3.05, 3.63) is 54.5 Å². The summed E-state index contributed by atoms with van der Waals surface area (Å²) in [5, 5.41) is 3.66. The second-order valence-corrected chi connectivity index (χ2v) is 4.97. The summed E-state index contributed by atoms with van der Waals surface area (Å²) in [6.07, 6.45) is -3.97. The zero-order chi connectivity index (χ0) is 19.2. The number of carbonyl (C=O) groups is 2. The number of furan rings is 1. The fourth-order valence-electron chi connectivity index (χ4n) is 1.96. The van der Waals surface area contributed by atoms with Gasteiger partial charge in [-0.1, -0.05) is 18.2 Å². The molecule has 1 atom stereocenters. The number of ether oxygens (including phenoxy) is 2. The minimum absolute atomic E-state index is 0.195. The maximum Gasteiger partial charge on any atom is 0.460 e. The van der Waals surface area contributed by atoms with Crippen molar-refractivity contribution in [1.29, 1.82) is 0 Å². The molecular formula is C16H15F3N2O5. The third-order valence-electron chi connectivity index (χ3n) is 3.18. The molecule has 26 heavy (non-hydrogen) atoms. The first-order valence-corrected chi connectivity index (χ1v) is 7.26. The summed E-state index contributed by atoms with van der Waals surface area (Å²) in [7, 11) is 0.750. The average molecular weight is 372 g/mol. The van der Waals surface area contributed by atoms with Crippen LogP contribution in [0.1, 0.15) is 5.76 Å². The fourth-order valence-corrected chi connectivity index (χ4v) is 1.96. The normalized spacial score (nSPS) is 13.4. The van der Waals surface area contributed by atoms with Gasteiger partial charge in [0.05, 0.1) is 19.9 Å². The first-order valence-electron chi connectivity index (χ1n) is 7.26. The van der Waals surface area contributed by atoms with Gasteiger partial charge >= 0.3 is 23.9 Å². The van der Waals surface area contributed by atoms with Crippen molar-refractivity contribution in [2.45, 2.75) is 18.4 Å². The SMILES string of the molecule is COC(=O)[C@@](NC(=O)NCc1ccco1)(Oc1ccccc1)C(F)(F)F. The van der Waals surface area contributed by atoms with Gasteiger partial charge in [0.25, 0.3) is 0 Å². The summed E-state index contributed by atoms with van der Waals surface area (Å²) in [6.45, 7) is -0.195. The Hall–Kier alpha value is -3.17. The van der Waals surface area contributed by atoms with Crippen LogP contribution in [0, 0.1) is 0 Å². The van der Waals surface area contributed by atoms with E-state index in [4.69, 9.17) is 9.15 Å². The molecule has 2 rings (SSSR count). The van der Waals surface area contributed by atoms with Crippen LogP contribution < -0.4 is 15.4 Å². The number of halogens is 3. The van der Waals surface area contributed by atoms with Crippen LogP contribution in [0.2, 0.25) is 0 Å². The molecule has 0 unspecified atom stereocenters. The summed E-state index contributed by atoms with van der Waals surface area (Å²) in [5.41, 5.74) is -3.73. The number of esters is 1. The summed E-state index contributed by atoms with van der Waals surface area (Å²) < 4.78 is 55.1. The van der Waals surface area contributed by atoms with Gasteiger partial charge in [0.15, 0.2) is 0 Å². The molecule has 0 saturated heterocycles. The second kappa shape index (κ2) is 7.81. The first kappa shape index (κ1) is 19.2. The zero-order valence-electron chi connectivity index (χ0n) is 13.5. The number of methoxy groups -OCH3 is 1. The Labute approximate surface area is 146 Å². The van der Waals surface area contributed by atoms with Crippen molar-refractivity contribution < 1.29 is 36.7 Å². The Morgan fingerprint density at radius 3 is 2.35 bits per heavy atom. The van der Waals surface area contributed by atoms with Crippen molar-refractivity contribution >= 4 is 12.0 Å². The van der Waals surface area contributed by atoms with E-state index in [-0.39, 0.29) is 12.3 Å². The Morgan fingerprint density at radius 2 is 1.81 bits per heavy atom. The van der Waals surface area contributed by atoms with Gasteiger partial charge in [-0.3, -0.25) is 5.32 Å². The van der Waals surface area contributed by atoms with Crippen molar-refractivity contribution in [1.82, 2.24) is 10.6 Å². The predicted molar refractivity (Wildman–Crippen MR) is 82.0 cm³/mol. The smallest absolute Gasteiger partial charge is 0.460 e. The lowest BCUT2D eigenvalue weighted by molar-refractivity contribution is -0.258. The highest BCUT2D eigenvalue weighted by Gasteiger charge is 2.66. The van der Waals surface area contributed by atoms with E-state index < -0.39 is 23.9 Å². The number of hydrogen-bond donors (Lipinski definition) is 2. The van der Waals surface area contributed by atoms with E-state index in [0.29, 0.717) is 5.76 Å². The van der Waals surface area contributed by atoms with Crippen LogP contribution in [0.15, 0.2) is 53.1 Å². The number of alkyl halides is 3. The third kappa shape index (κ3) is 4.26. The van der Waals surface area contributed by atoms with Gasteiger partial charge in [-0.15, -0.1) is 0 Å². The van der Waals surface area contributed by atoms with E-state index in [0.717, 1.165) is 7.11 Å². The Balaban J connectivity index is 2.26. The molecule has 2 aromatic rings. The molecule has 0 aliphatic carbocycles. The maximum atomic E-state index is 13.7. The minimum atomic E-state index is -5.31. The molecule has 0 bridgehead atoms. The number of nitrogens with one attached hydrogen (secondary N) is 2. The fraction of sp³-hybridized carbons (Fsp3) is 0.250. The lowest BCUT2D eigenvalue weighted by atomic mass is 10.2. The average Bonchev–Trinajstić information content (AvgIpc) is 3.12. The molecule has 1 aromatic heterocycles. The molecule has 0 aliphatic rings. The second-order valence-electron chi connectivity index (χ2n) is 4.97. The number of para-hydroxylation sites is 1. The zero-order valence-corrected chi connectivity index (χ0v) is 13.5. The summed E-state index contributed by atoms with van der Waals surface area (Å²) in [5.74, 6) is -1.82. The Kier molecular flexibility index (Phi) is 5.75. The van der Waals surface area contributed by atoms with E-state index in [2.05, 4.69) is 10.1 Å². The van der Waals surface area contributed by atoms with Crippen LogP contribution in [-0.2, 0) is 16.1 Å². The van der Waals surface area contributed by atoms with E-state index in [1.165, 1.54) is 41.9 Å². The van der Waals surface area contributed by atoms with Gasteiger partial charge in [-0.05, 0) is 24.3 Å². The molecule has 2 N–H and O–H groups in total. The lowest BCUT2D eigenvalue weighted by Crippen LogP contribution is -2.69. The molecule has 0 fully saturated rings. The number of benzene rings is 1. The molecule has 0 spiro atoms. The van der Waals surface area contributed by atoms with Crippen LogP contribution >= 0.6 is 0 Å². The maximum absolute atomic E-state index is 13.7. The molecular weight excluding hydrogens is 357 g/mol. The van der Waals surface area contributed by atoms with E-state index in [1.807, 2.05) is 0 Å². The molecule has 140 valence electrons. The number of urea groups is 1. The monoisotopic (exact) mass is 372 g/mol. The lowest BCUT2D eigenvalue weighted by Gasteiger charge is -2.33. The van der Waals surface area contributed by atoms with Gasteiger partial charge in [-0.25, -0.2) is 9.59 Å². The van der Waals surface area contributed by atoms with Crippen LogP contribution in [0.3, 0.4) is 0 Å². The summed E-state index contributed by atoms with van der Waals surface area (Å²) in [6, 6.07) is 8.51. The number of carbonyl (C=O) groups excluding carboxylic acids is 2. The third-order valence-corrected chi connectivity index (χ3v) is 3.18. The predicted octanol–water partition coefficient (Wildman–Crippen LogP) is 2.59. The van der Waals surface area contributed by atoms with E-state index in [1.54, 1.807) is 12.1 Å². The number of hydrogen-bond acceptors (Lipinski definition) is 5. The molecule has 7 nitrogen and oxygen atoms in total. The van der Waals surface area contributed by atoms with Gasteiger partial charge in [0.2, 0.25) is 0 Å². The highest BCUT2D eigenvalue weighted by atomic mass is 19.4. The van der Waals surface area contributed by atoms with Crippen molar-refractivity contribution in [3.63, 3.8) is 0 Å². The number of rotatable bonds is 6. The van der Waals surface area contributed by atoms with Gasteiger partial charge in [-0.2, -0.15) is 13.2 Å². The summed E-state index contributed by atoms with van der Waals surface area (Å²) in [4.78, 5) is 23.9. The van der Waals surface area contributed by atoms with E-state index in [9.17, 15) is 22.8 Å². The highest BCUT2D eigenvalue weighted by molar-refractivity contribution is 5.87. The van der Waals surface area contributed by atoms with Gasteiger partial charge in [0, 0.05) is 0 Å². The Morgan fingerprint density at radius 1 is 1.12 bits per heavy atom. The number of amides is 2. The van der Waals surface area contributed by atoms with Crippen molar-refractivity contribution in [3.8, 4) is 5.75 Å². The molecule has 2 amide bonds.